The lowest BCUT2D eigenvalue weighted by Crippen LogP contribution is -2.36. The van der Waals surface area contributed by atoms with Crippen molar-refractivity contribution in [2.45, 2.75) is 18.7 Å². The maximum atomic E-state index is 12.0. The molecule has 20 heavy (non-hydrogen) atoms. The summed E-state index contributed by atoms with van der Waals surface area (Å²) in [6.45, 7) is 3.28. The Balaban J connectivity index is 2.99. The van der Waals surface area contributed by atoms with Crippen molar-refractivity contribution in [2.24, 2.45) is 5.41 Å². The number of hydrogen-bond acceptors (Lipinski definition) is 4. The van der Waals surface area contributed by atoms with Crippen molar-refractivity contribution in [1.29, 1.82) is 0 Å². The number of nitrogens with one attached hydrogen (secondary N) is 1. The van der Waals surface area contributed by atoms with Crippen LogP contribution in [0.4, 0.5) is 0 Å². The predicted octanol–water partition coefficient (Wildman–Crippen LogP) is 1.34. The number of sulfonamides is 1. The van der Waals surface area contributed by atoms with E-state index >= 15 is 0 Å². The quantitative estimate of drug-likeness (QED) is 0.733. The first-order chi connectivity index (χ1) is 9.09. The molecule has 0 aliphatic heterocycles. The van der Waals surface area contributed by atoms with Crippen LogP contribution in [-0.2, 0) is 10.0 Å². The SMILES string of the molecule is CC(C)(CO)CNS(=O)(=O)c1ccc(C(=O)O)c(Cl)c1. The van der Waals surface area contributed by atoms with E-state index < -0.39 is 21.4 Å². The van der Waals surface area contributed by atoms with E-state index in [2.05, 4.69) is 4.72 Å². The maximum absolute atomic E-state index is 12.0. The Morgan fingerprint density at radius 3 is 2.45 bits per heavy atom. The van der Waals surface area contributed by atoms with Crippen molar-refractivity contribution in [3.05, 3.63) is 28.8 Å². The smallest absolute Gasteiger partial charge is 0.337 e. The van der Waals surface area contributed by atoms with E-state index in [1.54, 1.807) is 13.8 Å². The van der Waals surface area contributed by atoms with Gasteiger partial charge in [0.05, 0.1) is 15.5 Å². The molecule has 6 nitrogen and oxygen atoms in total. The third-order valence-corrected chi connectivity index (χ3v) is 4.36. The average Bonchev–Trinajstić information content (AvgIpc) is 2.36. The highest BCUT2D eigenvalue weighted by atomic mass is 35.5. The maximum Gasteiger partial charge on any atom is 0.337 e. The lowest BCUT2D eigenvalue weighted by molar-refractivity contribution is 0.0697. The van der Waals surface area contributed by atoms with Gasteiger partial charge in [0.15, 0.2) is 0 Å². The molecule has 0 aromatic heterocycles. The number of hydrogen-bond donors (Lipinski definition) is 3. The summed E-state index contributed by atoms with van der Waals surface area (Å²) in [5.74, 6) is -1.23. The number of aromatic carboxylic acids is 1. The number of aliphatic hydroxyl groups excluding tert-OH is 1. The zero-order valence-corrected chi connectivity index (χ0v) is 12.6. The van der Waals surface area contributed by atoms with Gasteiger partial charge in [0, 0.05) is 18.6 Å². The number of carboxylic acids is 1. The molecule has 0 heterocycles. The number of carbonyl (C=O) groups is 1. The Morgan fingerprint density at radius 2 is 2.00 bits per heavy atom. The number of aliphatic hydroxyl groups is 1. The summed E-state index contributed by atoms with van der Waals surface area (Å²) in [5, 5.41) is 17.8. The average molecular weight is 322 g/mol. The van der Waals surface area contributed by atoms with Gasteiger partial charge in [-0.3, -0.25) is 0 Å². The monoisotopic (exact) mass is 321 g/mol. The molecule has 0 aliphatic rings. The molecular formula is C12H16ClNO5S. The van der Waals surface area contributed by atoms with Crippen LogP contribution in [0.5, 0.6) is 0 Å². The second-order valence-corrected chi connectivity index (χ2v) is 7.27. The molecule has 1 rings (SSSR count). The van der Waals surface area contributed by atoms with Crippen molar-refractivity contribution in [1.82, 2.24) is 4.72 Å². The van der Waals surface area contributed by atoms with Crippen molar-refractivity contribution in [3.8, 4) is 0 Å². The summed E-state index contributed by atoms with van der Waals surface area (Å²) in [4.78, 5) is 10.7. The van der Waals surface area contributed by atoms with Crippen LogP contribution in [0, 0.1) is 5.41 Å². The standard InChI is InChI=1S/C12H16ClNO5S/c1-12(2,7-15)6-14-20(18,19)8-3-4-9(11(16)17)10(13)5-8/h3-5,14-15H,6-7H2,1-2H3,(H,16,17). The van der Waals surface area contributed by atoms with Crippen LogP contribution in [-0.4, -0.2) is 37.8 Å². The molecule has 0 amide bonds. The molecule has 8 heteroatoms. The molecule has 0 bridgehead atoms. The van der Waals surface area contributed by atoms with Crippen molar-refractivity contribution < 1.29 is 23.4 Å². The molecule has 1 aromatic carbocycles. The van der Waals surface area contributed by atoms with Gasteiger partial charge in [0.2, 0.25) is 10.0 Å². The Hall–Kier alpha value is -1.15. The molecule has 0 saturated heterocycles. The fraction of sp³-hybridized carbons (Fsp3) is 0.417. The van der Waals surface area contributed by atoms with Gasteiger partial charge in [-0.25, -0.2) is 17.9 Å². The van der Waals surface area contributed by atoms with E-state index in [4.69, 9.17) is 21.8 Å². The summed E-state index contributed by atoms with van der Waals surface area (Å²) in [5.41, 5.74) is -0.765. The van der Waals surface area contributed by atoms with Crippen LogP contribution < -0.4 is 4.72 Å². The third-order valence-electron chi connectivity index (χ3n) is 2.65. The minimum absolute atomic E-state index is 0.0458. The first-order valence-corrected chi connectivity index (χ1v) is 7.58. The van der Waals surface area contributed by atoms with Crippen LogP contribution in [0.3, 0.4) is 0 Å². The van der Waals surface area contributed by atoms with Crippen LogP contribution in [0.2, 0.25) is 5.02 Å². The molecule has 0 fully saturated rings. The largest absolute Gasteiger partial charge is 0.478 e. The highest BCUT2D eigenvalue weighted by molar-refractivity contribution is 7.89. The van der Waals surface area contributed by atoms with E-state index in [1.165, 1.54) is 6.07 Å². The van der Waals surface area contributed by atoms with Crippen LogP contribution in [0.15, 0.2) is 23.1 Å². The van der Waals surface area contributed by atoms with Crippen LogP contribution in [0.1, 0.15) is 24.2 Å². The molecular weight excluding hydrogens is 306 g/mol. The third kappa shape index (κ3) is 4.17. The number of rotatable bonds is 6. The Bertz CT molecular complexity index is 612. The normalized spacial score (nSPS) is 12.4. The minimum atomic E-state index is -3.81. The van der Waals surface area contributed by atoms with Crippen molar-refractivity contribution in [3.63, 3.8) is 0 Å². The zero-order valence-electron chi connectivity index (χ0n) is 11.1. The summed E-state index contributed by atoms with van der Waals surface area (Å²) in [7, 11) is -3.81. The van der Waals surface area contributed by atoms with Gasteiger partial charge in [0.25, 0.3) is 0 Å². The van der Waals surface area contributed by atoms with Gasteiger partial charge in [-0.15, -0.1) is 0 Å². The number of carboxylic acid groups (broad SMARTS) is 1. The molecule has 1 aromatic rings. The van der Waals surface area contributed by atoms with Crippen molar-refractivity contribution in [2.75, 3.05) is 13.2 Å². The topological polar surface area (TPSA) is 104 Å². The van der Waals surface area contributed by atoms with E-state index in [-0.39, 0.29) is 28.6 Å². The Labute approximate surface area is 122 Å². The fourth-order valence-electron chi connectivity index (χ4n) is 1.27. The first-order valence-electron chi connectivity index (χ1n) is 5.72. The van der Waals surface area contributed by atoms with Gasteiger partial charge in [0.1, 0.15) is 0 Å². The highest BCUT2D eigenvalue weighted by Crippen LogP contribution is 2.21. The molecule has 0 aliphatic carbocycles. The lowest BCUT2D eigenvalue weighted by Gasteiger charge is -2.21. The van der Waals surface area contributed by atoms with Crippen LogP contribution in [0.25, 0.3) is 0 Å². The summed E-state index contributed by atoms with van der Waals surface area (Å²) >= 11 is 5.73. The molecule has 0 radical (unpaired) electrons. The number of benzene rings is 1. The van der Waals surface area contributed by atoms with E-state index in [0.29, 0.717) is 0 Å². The molecule has 0 unspecified atom stereocenters. The molecule has 0 spiro atoms. The molecule has 3 N–H and O–H groups in total. The van der Waals surface area contributed by atoms with Crippen LogP contribution >= 0.6 is 11.6 Å². The summed E-state index contributed by atoms with van der Waals surface area (Å²) < 4.78 is 26.4. The minimum Gasteiger partial charge on any atom is -0.478 e. The second kappa shape index (κ2) is 6.09. The van der Waals surface area contributed by atoms with Gasteiger partial charge >= 0.3 is 5.97 Å². The lowest BCUT2D eigenvalue weighted by atomic mass is 9.96. The van der Waals surface area contributed by atoms with Crippen molar-refractivity contribution >= 4 is 27.6 Å². The fourth-order valence-corrected chi connectivity index (χ4v) is 2.86. The molecule has 0 atom stereocenters. The van der Waals surface area contributed by atoms with Gasteiger partial charge in [-0.1, -0.05) is 25.4 Å². The second-order valence-electron chi connectivity index (χ2n) is 5.09. The summed E-state index contributed by atoms with van der Waals surface area (Å²) in [6, 6.07) is 3.39. The van der Waals surface area contributed by atoms with Gasteiger partial charge < -0.3 is 10.2 Å². The Morgan fingerprint density at radius 1 is 1.40 bits per heavy atom. The first kappa shape index (κ1) is 16.9. The van der Waals surface area contributed by atoms with E-state index in [1.807, 2.05) is 0 Å². The van der Waals surface area contributed by atoms with Gasteiger partial charge in [-0.2, -0.15) is 0 Å². The zero-order chi connectivity index (χ0) is 15.6. The molecule has 112 valence electrons. The summed E-state index contributed by atoms with van der Waals surface area (Å²) in [6.07, 6.45) is 0. The number of halogens is 1. The van der Waals surface area contributed by atoms with E-state index in [0.717, 1.165) is 12.1 Å². The van der Waals surface area contributed by atoms with E-state index in [9.17, 15) is 13.2 Å². The van der Waals surface area contributed by atoms with Gasteiger partial charge in [-0.05, 0) is 18.2 Å². The highest BCUT2D eigenvalue weighted by Gasteiger charge is 2.22. The predicted molar refractivity (Wildman–Crippen MR) is 74.5 cm³/mol. The molecule has 0 saturated carbocycles. The Kier molecular flexibility index (Phi) is 5.15.